The van der Waals surface area contributed by atoms with Crippen molar-refractivity contribution >= 4 is 21.7 Å². The Morgan fingerprint density at radius 3 is 2.35 bits per heavy atom. The second kappa shape index (κ2) is 11.8. The summed E-state index contributed by atoms with van der Waals surface area (Å²) in [7, 11) is -3.70. The Morgan fingerprint density at radius 1 is 1.05 bits per heavy atom. The van der Waals surface area contributed by atoms with Gasteiger partial charge in [0.2, 0.25) is 27.9 Å². The van der Waals surface area contributed by atoms with E-state index in [0.29, 0.717) is 32.1 Å². The highest BCUT2D eigenvalue weighted by Crippen LogP contribution is 2.36. The number of nitrogens with zero attached hydrogens (tertiary/aromatic N) is 5. The van der Waals surface area contributed by atoms with Gasteiger partial charge in [0, 0.05) is 63.4 Å². The lowest BCUT2D eigenvalue weighted by Crippen LogP contribution is -2.42. The van der Waals surface area contributed by atoms with E-state index in [2.05, 4.69) is 25.0 Å². The van der Waals surface area contributed by atoms with Crippen molar-refractivity contribution in [3.63, 3.8) is 0 Å². The number of nitrogens with one attached hydrogen (secondary N) is 1. The standard InChI is InChI=1S/C26H31F3N6O4S/c1-30-18-6-11-34(12-7-18)20-2-4-22(5-3-20)40(36,37)35-13-8-19(9-14-35)32-25-31-16-23(26(27,28)29)24(33-25)39-21-10-15-38-17-21/h2-5,16,18-19,21H,6-15,17H2,(H,31,32,33)/t21-/m0/s1. The maximum atomic E-state index is 13.5. The summed E-state index contributed by atoms with van der Waals surface area (Å²) < 4.78 is 79.0. The van der Waals surface area contributed by atoms with Gasteiger partial charge in [-0.3, -0.25) is 0 Å². The number of benzene rings is 1. The molecule has 0 bridgehead atoms. The van der Waals surface area contributed by atoms with E-state index in [1.807, 2.05) is 0 Å². The van der Waals surface area contributed by atoms with Crippen LogP contribution >= 0.6 is 0 Å². The number of alkyl halides is 3. The number of anilines is 2. The van der Waals surface area contributed by atoms with Crippen LogP contribution in [-0.2, 0) is 20.9 Å². The third kappa shape index (κ3) is 6.42. The lowest BCUT2D eigenvalue weighted by molar-refractivity contribution is -0.139. The van der Waals surface area contributed by atoms with Crippen molar-refractivity contribution < 1.29 is 31.1 Å². The molecule has 2 aromatic rings. The number of sulfonamides is 1. The highest BCUT2D eigenvalue weighted by molar-refractivity contribution is 7.89. The van der Waals surface area contributed by atoms with Crippen LogP contribution in [0, 0.1) is 6.57 Å². The quantitative estimate of drug-likeness (QED) is 0.494. The van der Waals surface area contributed by atoms with Crippen LogP contribution in [-0.4, -0.2) is 80.3 Å². The van der Waals surface area contributed by atoms with Crippen molar-refractivity contribution in [3.05, 3.63) is 47.4 Å². The summed E-state index contributed by atoms with van der Waals surface area (Å²) in [6.07, 6.45) is -1.53. The lowest BCUT2D eigenvalue weighted by atomic mass is 10.1. The fourth-order valence-corrected chi connectivity index (χ4v) is 6.61. The third-order valence-electron chi connectivity index (χ3n) is 7.50. The second-order valence-corrected chi connectivity index (χ2v) is 12.1. The number of hydrogen-bond donors (Lipinski definition) is 1. The first kappa shape index (κ1) is 28.4. The molecule has 0 amide bonds. The molecule has 3 aliphatic heterocycles. The van der Waals surface area contributed by atoms with Crippen molar-refractivity contribution in [2.75, 3.05) is 49.6 Å². The Hall–Kier alpha value is -3.15. The van der Waals surface area contributed by atoms with E-state index in [1.54, 1.807) is 24.3 Å². The maximum absolute atomic E-state index is 13.5. The molecular formula is C26H31F3N6O4S. The Kier molecular flexibility index (Phi) is 8.34. The van der Waals surface area contributed by atoms with Gasteiger partial charge in [0.25, 0.3) is 0 Å². The topological polar surface area (TPSA) is 101 Å². The monoisotopic (exact) mass is 580 g/mol. The number of hydrogen-bond acceptors (Lipinski definition) is 8. The molecule has 1 aromatic heterocycles. The van der Waals surface area contributed by atoms with Gasteiger partial charge in [-0.05, 0) is 37.1 Å². The molecule has 3 fully saturated rings. The van der Waals surface area contributed by atoms with E-state index in [4.69, 9.17) is 16.0 Å². The van der Waals surface area contributed by atoms with Crippen LogP contribution in [0.25, 0.3) is 4.85 Å². The first-order chi connectivity index (χ1) is 19.1. The van der Waals surface area contributed by atoms with Gasteiger partial charge in [-0.15, -0.1) is 0 Å². The molecule has 0 saturated carbocycles. The summed E-state index contributed by atoms with van der Waals surface area (Å²) in [5, 5.41) is 3.04. The molecule has 1 aromatic carbocycles. The van der Waals surface area contributed by atoms with Crippen LogP contribution in [0.15, 0.2) is 35.4 Å². The van der Waals surface area contributed by atoms with Crippen molar-refractivity contribution in [1.29, 1.82) is 0 Å². The van der Waals surface area contributed by atoms with Gasteiger partial charge in [-0.1, -0.05) is 0 Å². The minimum absolute atomic E-state index is 0.000702. The molecule has 0 unspecified atom stereocenters. The van der Waals surface area contributed by atoms with Crippen molar-refractivity contribution in [1.82, 2.24) is 14.3 Å². The molecule has 0 radical (unpaired) electrons. The van der Waals surface area contributed by atoms with Crippen molar-refractivity contribution in [2.24, 2.45) is 0 Å². The molecular weight excluding hydrogens is 549 g/mol. The zero-order valence-corrected chi connectivity index (χ0v) is 22.6. The average Bonchev–Trinajstić information content (AvgIpc) is 3.46. The van der Waals surface area contributed by atoms with E-state index >= 15 is 0 Å². The zero-order valence-electron chi connectivity index (χ0n) is 21.8. The minimum Gasteiger partial charge on any atom is -0.471 e. The predicted molar refractivity (Wildman–Crippen MR) is 141 cm³/mol. The van der Waals surface area contributed by atoms with Crippen LogP contribution < -0.4 is 15.0 Å². The Morgan fingerprint density at radius 2 is 1.75 bits per heavy atom. The normalized spacial score (nSPS) is 21.8. The number of piperidine rings is 2. The van der Waals surface area contributed by atoms with Crippen LogP contribution in [0.4, 0.5) is 24.8 Å². The number of rotatable bonds is 7. The summed E-state index contributed by atoms with van der Waals surface area (Å²) in [5.41, 5.74) is -0.115. The molecule has 0 aliphatic carbocycles. The van der Waals surface area contributed by atoms with E-state index in [-0.39, 0.29) is 42.6 Å². The summed E-state index contributed by atoms with van der Waals surface area (Å²) in [6.45, 7) is 9.82. The molecule has 5 rings (SSSR count). The van der Waals surface area contributed by atoms with Gasteiger partial charge in [0.05, 0.1) is 18.1 Å². The largest absolute Gasteiger partial charge is 0.471 e. The third-order valence-corrected chi connectivity index (χ3v) is 9.41. The average molecular weight is 581 g/mol. The first-order valence-electron chi connectivity index (χ1n) is 13.3. The van der Waals surface area contributed by atoms with Crippen molar-refractivity contribution in [2.45, 2.75) is 61.4 Å². The molecule has 40 heavy (non-hydrogen) atoms. The number of ether oxygens (including phenoxy) is 2. The molecule has 0 spiro atoms. The zero-order chi connectivity index (χ0) is 28.3. The highest BCUT2D eigenvalue weighted by atomic mass is 32.2. The highest BCUT2D eigenvalue weighted by Gasteiger charge is 2.38. The van der Waals surface area contributed by atoms with Crippen LogP contribution in [0.2, 0.25) is 0 Å². The van der Waals surface area contributed by atoms with Gasteiger partial charge in [0.1, 0.15) is 11.7 Å². The van der Waals surface area contributed by atoms with Gasteiger partial charge < -0.3 is 24.5 Å². The summed E-state index contributed by atoms with van der Waals surface area (Å²) in [5.74, 6) is -0.543. The van der Waals surface area contributed by atoms with E-state index < -0.39 is 33.7 Å². The predicted octanol–water partition coefficient (Wildman–Crippen LogP) is 3.82. The van der Waals surface area contributed by atoms with E-state index in [0.717, 1.165) is 31.6 Å². The summed E-state index contributed by atoms with van der Waals surface area (Å²) in [4.78, 5) is 13.8. The van der Waals surface area contributed by atoms with Crippen LogP contribution in [0.3, 0.4) is 0 Å². The fraction of sp³-hybridized carbons (Fsp3) is 0.577. The molecule has 1 atom stereocenters. The van der Waals surface area contributed by atoms with Gasteiger partial charge in [-0.25, -0.2) is 20.0 Å². The van der Waals surface area contributed by atoms with Gasteiger partial charge >= 0.3 is 6.18 Å². The minimum atomic E-state index is -4.67. The lowest BCUT2D eigenvalue weighted by Gasteiger charge is -2.32. The molecule has 4 heterocycles. The molecule has 10 nitrogen and oxygen atoms in total. The smallest absolute Gasteiger partial charge is 0.423 e. The number of aromatic nitrogens is 2. The van der Waals surface area contributed by atoms with Crippen LogP contribution in [0.1, 0.15) is 37.7 Å². The first-order valence-corrected chi connectivity index (χ1v) is 14.7. The molecule has 216 valence electrons. The van der Waals surface area contributed by atoms with E-state index in [1.165, 1.54) is 4.31 Å². The molecule has 1 N–H and O–H groups in total. The molecule has 3 saturated heterocycles. The second-order valence-electron chi connectivity index (χ2n) is 10.2. The fourth-order valence-electron chi connectivity index (χ4n) is 5.14. The molecule has 3 aliphatic rings. The Bertz CT molecular complexity index is 1310. The van der Waals surface area contributed by atoms with Gasteiger partial charge in [0.15, 0.2) is 0 Å². The Balaban J connectivity index is 1.19. The maximum Gasteiger partial charge on any atom is 0.423 e. The SMILES string of the molecule is [C-]#[N+]C1CCN(c2ccc(S(=O)(=O)N3CCC(Nc4ncc(C(F)(F)F)c(O[C@H]5CCOC5)n4)CC3)cc2)CC1. The van der Waals surface area contributed by atoms with Crippen LogP contribution in [0.5, 0.6) is 5.88 Å². The number of halogens is 3. The molecule has 14 heteroatoms. The Labute approximate surface area is 231 Å². The van der Waals surface area contributed by atoms with Gasteiger partial charge in [-0.2, -0.15) is 22.5 Å². The summed E-state index contributed by atoms with van der Waals surface area (Å²) >= 11 is 0. The summed E-state index contributed by atoms with van der Waals surface area (Å²) in [6, 6.07) is 6.68. The van der Waals surface area contributed by atoms with Crippen molar-refractivity contribution in [3.8, 4) is 5.88 Å². The van der Waals surface area contributed by atoms with E-state index in [9.17, 15) is 21.6 Å².